The number of aromatic nitrogens is 1. The lowest BCUT2D eigenvalue weighted by molar-refractivity contribution is 0.621. The van der Waals surface area contributed by atoms with Gasteiger partial charge in [-0.05, 0) is 34.1 Å². The van der Waals surface area contributed by atoms with Crippen LogP contribution in [-0.4, -0.2) is 4.98 Å². The first-order chi connectivity index (χ1) is 7.20. The third-order valence-electron chi connectivity index (χ3n) is 1.93. The maximum absolute atomic E-state index is 13.0. The van der Waals surface area contributed by atoms with Crippen LogP contribution in [0.25, 0.3) is 10.6 Å². The highest BCUT2D eigenvalue weighted by Crippen LogP contribution is 2.27. The van der Waals surface area contributed by atoms with Gasteiger partial charge in [0.25, 0.3) is 0 Å². The molecule has 0 aliphatic carbocycles. The number of rotatable bonds is 2. The van der Waals surface area contributed by atoms with Gasteiger partial charge in [-0.2, -0.15) is 0 Å². The van der Waals surface area contributed by atoms with E-state index in [9.17, 15) is 4.39 Å². The Kier molecular flexibility index (Phi) is 3.14. The number of nitrogens with zero attached hydrogens (tertiary/aromatic N) is 1. The molecule has 0 fully saturated rings. The molecule has 0 saturated carbocycles. The van der Waals surface area contributed by atoms with E-state index < -0.39 is 0 Å². The zero-order valence-electron chi connectivity index (χ0n) is 7.71. The summed E-state index contributed by atoms with van der Waals surface area (Å²) >= 11 is 4.65. The summed E-state index contributed by atoms with van der Waals surface area (Å²) in [4.78, 5) is 4.32. The van der Waals surface area contributed by atoms with Crippen molar-refractivity contribution >= 4 is 27.3 Å². The summed E-state index contributed by atoms with van der Waals surface area (Å²) < 4.78 is 13.5. The molecule has 2 aromatic rings. The summed E-state index contributed by atoms with van der Waals surface area (Å²) in [5.41, 5.74) is 7.22. The van der Waals surface area contributed by atoms with Crippen LogP contribution in [0.5, 0.6) is 0 Å². The van der Waals surface area contributed by atoms with Crippen LogP contribution in [0.1, 0.15) is 5.69 Å². The third kappa shape index (κ3) is 2.25. The molecule has 5 heteroatoms. The Morgan fingerprint density at radius 2 is 2.27 bits per heavy atom. The molecular formula is C10H8BrFN2S. The molecule has 0 unspecified atom stereocenters. The van der Waals surface area contributed by atoms with Crippen molar-refractivity contribution in [2.75, 3.05) is 0 Å². The van der Waals surface area contributed by atoms with E-state index in [0.717, 1.165) is 16.3 Å². The van der Waals surface area contributed by atoms with Crippen LogP contribution in [0.2, 0.25) is 0 Å². The van der Waals surface area contributed by atoms with E-state index >= 15 is 0 Å². The van der Waals surface area contributed by atoms with Crippen molar-refractivity contribution in [2.24, 2.45) is 5.73 Å². The van der Waals surface area contributed by atoms with Crippen molar-refractivity contribution in [1.82, 2.24) is 4.98 Å². The van der Waals surface area contributed by atoms with Crippen LogP contribution >= 0.6 is 27.3 Å². The zero-order chi connectivity index (χ0) is 10.8. The van der Waals surface area contributed by atoms with Gasteiger partial charge in [0, 0.05) is 17.5 Å². The maximum atomic E-state index is 13.0. The van der Waals surface area contributed by atoms with E-state index in [2.05, 4.69) is 20.9 Å². The largest absolute Gasteiger partial charge is 0.325 e. The molecular weight excluding hydrogens is 279 g/mol. The van der Waals surface area contributed by atoms with Gasteiger partial charge in [-0.25, -0.2) is 9.37 Å². The quantitative estimate of drug-likeness (QED) is 0.921. The lowest BCUT2D eigenvalue weighted by Crippen LogP contribution is -1.95. The van der Waals surface area contributed by atoms with Crippen molar-refractivity contribution in [3.8, 4) is 10.6 Å². The van der Waals surface area contributed by atoms with Gasteiger partial charge in [-0.3, -0.25) is 0 Å². The van der Waals surface area contributed by atoms with Crippen LogP contribution < -0.4 is 5.73 Å². The average Bonchev–Trinajstić information content (AvgIpc) is 2.70. The number of nitrogens with two attached hydrogens (primary N) is 1. The summed E-state index contributed by atoms with van der Waals surface area (Å²) in [6.45, 7) is 0.429. The summed E-state index contributed by atoms with van der Waals surface area (Å²) in [6, 6.07) is 4.84. The van der Waals surface area contributed by atoms with Gasteiger partial charge in [-0.1, -0.05) is 0 Å². The number of benzene rings is 1. The van der Waals surface area contributed by atoms with E-state index in [0.29, 0.717) is 11.0 Å². The van der Waals surface area contributed by atoms with Crippen molar-refractivity contribution in [1.29, 1.82) is 0 Å². The Morgan fingerprint density at radius 3 is 2.87 bits per heavy atom. The van der Waals surface area contributed by atoms with E-state index in [1.165, 1.54) is 17.4 Å². The first-order valence-electron chi connectivity index (χ1n) is 4.30. The number of halogens is 2. The number of hydrogen-bond donors (Lipinski definition) is 1. The normalized spacial score (nSPS) is 10.6. The minimum atomic E-state index is -0.269. The Bertz CT molecular complexity index is 484. The van der Waals surface area contributed by atoms with E-state index in [4.69, 9.17) is 5.73 Å². The molecule has 2 N–H and O–H groups in total. The standard InChI is InChI=1S/C10H8BrFN2S/c11-8-3-6(1-2-9(8)12)10-14-7(4-13)5-15-10/h1-3,5H,4,13H2. The summed E-state index contributed by atoms with van der Waals surface area (Å²) in [5.74, 6) is -0.269. The summed E-state index contributed by atoms with van der Waals surface area (Å²) in [7, 11) is 0. The van der Waals surface area contributed by atoms with Gasteiger partial charge < -0.3 is 5.73 Å². The van der Waals surface area contributed by atoms with Crippen LogP contribution in [0.15, 0.2) is 28.1 Å². The molecule has 2 nitrogen and oxygen atoms in total. The fourth-order valence-electron chi connectivity index (χ4n) is 1.16. The van der Waals surface area contributed by atoms with Crippen LogP contribution in [0.4, 0.5) is 4.39 Å². The molecule has 1 aromatic heterocycles. The number of hydrogen-bond acceptors (Lipinski definition) is 3. The SMILES string of the molecule is NCc1csc(-c2ccc(F)c(Br)c2)n1. The van der Waals surface area contributed by atoms with Gasteiger partial charge in [0.15, 0.2) is 0 Å². The van der Waals surface area contributed by atoms with Gasteiger partial charge >= 0.3 is 0 Å². The average molecular weight is 287 g/mol. The second-order valence-electron chi connectivity index (χ2n) is 2.98. The van der Waals surface area contributed by atoms with Crippen molar-refractivity contribution in [3.63, 3.8) is 0 Å². The molecule has 0 atom stereocenters. The molecule has 0 spiro atoms. The van der Waals surface area contributed by atoms with Gasteiger partial charge in [0.05, 0.1) is 10.2 Å². The highest BCUT2D eigenvalue weighted by molar-refractivity contribution is 9.10. The second-order valence-corrected chi connectivity index (χ2v) is 4.69. The number of thiazole rings is 1. The minimum absolute atomic E-state index is 0.269. The molecule has 0 aliphatic heterocycles. The molecule has 0 bridgehead atoms. The van der Waals surface area contributed by atoms with Crippen molar-refractivity contribution in [2.45, 2.75) is 6.54 Å². The molecule has 15 heavy (non-hydrogen) atoms. The highest BCUT2D eigenvalue weighted by Gasteiger charge is 2.06. The summed E-state index contributed by atoms with van der Waals surface area (Å²) in [6.07, 6.45) is 0. The Balaban J connectivity index is 2.40. The van der Waals surface area contributed by atoms with Gasteiger partial charge in [0.2, 0.25) is 0 Å². The lowest BCUT2D eigenvalue weighted by Gasteiger charge is -1.98. The third-order valence-corrected chi connectivity index (χ3v) is 3.48. The zero-order valence-corrected chi connectivity index (χ0v) is 10.1. The van der Waals surface area contributed by atoms with Crippen molar-refractivity contribution in [3.05, 3.63) is 39.6 Å². The molecule has 1 aromatic carbocycles. The summed E-state index contributed by atoms with van der Waals surface area (Å²) in [5, 5.41) is 2.77. The highest BCUT2D eigenvalue weighted by atomic mass is 79.9. The van der Waals surface area contributed by atoms with Crippen molar-refractivity contribution < 1.29 is 4.39 Å². The molecule has 2 rings (SSSR count). The van der Waals surface area contributed by atoms with Crippen LogP contribution in [0.3, 0.4) is 0 Å². The Morgan fingerprint density at radius 1 is 1.47 bits per heavy atom. The monoisotopic (exact) mass is 286 g/mol. The Labute approximate surface area is 99.1 Å². The predicted molar refractivity (Wildman–Crippen MR) is 63.1 cm³/mol. The first-order valence-corrected chi connectivity index (χ1v) is 5.98. The van der Waals surface area contributed by atoms with E-state index in [-0.39, 0.29) is 5.82 Å². The van der Waals surface area contributed by atoms with E-state index in [1.807, 2.05) is 5.38 Å². The van der Waals surface area contributed by atoms with Gasteiger partial charge in [-0.15, -0.1) is 11.3 Å². The van der Waals surface area contributed by atoms with Crippen LogP contribution in [0, 0.1) is 5.82 Å². The first kappa shape index (κ1) is 10.7. The fourth-order valence-corrected chi connectivity index (χ4v) is 2.37. The van der Waals surface area contributed by atoms with E-state index in [1.54, 1.807) is 12.1 Å². The molecule has 0 aliphatic rings. The predicted octanol–water partition coefficient (Wildman–Crippen LogP) is 3.17. The van der Waals surface area contributed by atoms with Gasteiger partial charge in [0.1, 0.15) is 10.8 Å². The molecule has 78 valence electrons. The van der Waals surface area contributed by atoms with Crippen LogP contribution in [-0.2, 0) is 6.54 Å². The topological polar surface area (TPSA) is 38.9 Å². The smallest absolute Gasteiger partial charge is 0.137 e. The molecule has 0 saturated heterocycles. The maximum Gasteiger partial charge on any atom is 0.137 e. The molecule has 1 heterocycles. The second kappa shape index (κ2) is 4.38. The minimum Gasteiger partial charge on any atom is -0.325 e. The molecule has 0 radical (unpaired) electrons. The fraction of sp³-hybridized carbons (Fsp3) is 0.100. The Hall–Kier alpha value is -0.780. The lowest BCUT2D eigenvalue weighted by atomic mass is 10.2. The molecule has 0 amide bonds.